The zero-order chi connectivity index (χ0) is 13.2. The van der Waals surface area contributed by atoms with Gasteiger partial charge in [-0.05, 0) is 24.5 Å². The molecule has 1 N–H and O–H groups in total. The van der Waals surface area contributed by atoms with Crippen LogP contribution < -0.4 is 10.2 Å². The minimum Gasteiger partial charge on any atom is -0.373 e. The number of hydrogen-bond acceptors (Lipinski definition) is 2. The van der Waals surface area contributed by atoms with E-state index in [1.54, 1.807) is 6.92 Å². The Labute approximate surface area is 109 Å². The molecule has 0 fully saturated rings. The van der Waals surface area contributed by atoms with Gasteiger partial charge in [0.05, 0.1) is 0 Å². The third-order valence-corrected chi connectivity index (χ3v) is 4.08. The van der Waals surface area contributed by atoms with Gasteiger partial charge in [-0.2, -0.15) is 0 Å². The molecule has 2 rings (SSSR count). The molecule has 0 saturated heterocycles. The number of nitrogens with zero attached hydrogens (tertiary/aromatic N) is 1. The lowest BCUT2D eigenvalue weighted by molar-refractivity contribution is -0.119. The summed E-state index contributed by atoms with van der Waals surface area (Å²) in [7, 11) is 2.15. The monoisotopic (exact) mass is 246 g/mol. The van der Waals surface area contributed by atoms with Crippen molar-refractivity contribution in [3.63, 3.8) is 0 Å². The first-order valence-electron chi connectivity index (χ1n) is 6.64. The standard InChI is InChI=1S/C15H22N2O/c1-4-15(9-10-16-12(2)18)11-17(3)14-8-6-5-7-13(14)15/h5-8H,4,9-11H2,1-3H3,(H,16,18). The molecule has 3 nitrogen and oxygen atoms in total. The molecule has 3 heteroatoms. The summed E-state index contributed by atoms with van der Waals surface area (Å²) in [6.07, 6.45) is 2.11. The predicted octanol–water partition coefficient (Wildman–Crippen LogP) is 2.31. The van der Waals surface area contributed by atoms with Gasteiger partial charge in [-0.15, -0.1) is 0 Å². The van der Waals surface area contributed by atoms with Crippen LogP contribution in [0.4, 0.5) is 5.69 Å². The fourth-order valence-corrected chi connectivity index (χ4v) is 3.05. The maximum absolute atomic E-state index is 11.0. The summed E-state index contributed by atoms with van der Waals surface area (Å²) in [5.41, 5.74) is 2.95. The molecular formula is C15H22N2O. The number of likely N-dealkylation sites (N-methyl/N-ethyl adjacent to an activating group) is 1. The molecular weight excluding hydrogens is 224 g/mol. The smallest absolute Gasteiger partial charge is 0.216 e. The summed E-state index contributed by atoms with van der Waals surface area (Å²) in [5, 5.41) is 2.92. The highest BCUT2D eigenvalue weighted by Crippen LogP contribution is 2.44. The third-order valence-electron chi connectivity index (χ3n) is 4.08. The van der Waals surface area contributed by atoms with Gasteiger partial charge in [-0.3, -0.25) is 4.79 Å². The van der Waals surface area contributed by atoms with E-state index in [-0.39, 0.29) is 11.3 Å². The Balaban J connectivity index is 2.21. The quantitative estimate of drug-likeness (QED) is 0.884. The molecule has 0 aliphatic carbocycles. The van der Waals surface area contributed by atoms with Crippen molar-refractivity contribution in [3.8, 4) is 0 Å². The van der Waals surface area contributed by atoms with Gasteiger partial charge in [0, 0.05) is 38.2 Å². The fraction of sp³-hybridized carbons (Fsp3) is 0.533. The van der Waals surface area contributed by atoms with Crippen molar-refractivity contribution < 1.29 is 4.79 Å². The van der Waals surface area contributed by atoms with Crippen LogP contribution in [0.15, 0.2) is 24.3 Å². The second-order valence-corrected chi connectivity index (χ2v) is 5.24. The molecule has 1 aliphatic heterocycles. The van der Waals surface area contributed by atoms with Gasteiger partial charge in [0.1, 0.15) is 0 Å². The van der Waals surface area contributed by atoms with Gasteiger partial charge in [0.2, 0.25) is 5.91 Å². The molecule has 0 aromatic heterocycles. The first kappa shape index (κ1) is 12.9. The Morgan fingerprint density at radius 1 is 1.44 bits per heavy atom. The number of anilines is 1. The number of benzene rings is 1. The Bertz CT molecular complexity index is 444. The Hall–Kier alpha value is -1.51. The summed E-state index contributed by atoms with van der Waals surface area (Å²) in [6.45, 7) is 5.62. The fourth-order valence-electron chi connectivity index (χ4n) is 3.05. The summed E-state index contributed by atoms with van der Waals surface area (Å²) in [6, 6.07) is 8.62. The lowest BCUT2D eigenvalue weighted by Gasteiger charge is -2.29. The molecule has 0 spiro atoms. The van der Waals surface area contributed by atoms with Gasteiger partial charge in [0.15, 0.2) is 0 Å². The van der Waals surface area contributed by atoms with Crippen LogP contribution >= 0.6 is 0 Å². The van der Waals surface area contributed by atoms with E-state index in [1.807, 2.05) is 0 Å². The molecule has 1 heterocycles. The molecule has 18 heavy (non-hydrogen) atoms. The molecule has 0 bridgehead atoms. The lowest BCUT2D eigenvalue weighted by Crippen LogP contribution is -2.35. The zero-order valence-electron chi connectivity index (χ0n) is 11.5. The Kier molecular flexibility index (Phi) is 3.60. The number of hydrogen-bond donors (Lipinski definition) is 1. The van der Waals surface area contributed by atoms with Gasteiger partial charge >= 0.3 is 0 Å². The van der Waals surface area contributed by atoms with Crippen LogP contribution in [-0.2, 0) is 10.2 Å². The average Bonchev–Trinajstić information content (AvgIpc) is 2.64. The number of fused-ring (bicyclic) bond motifs is 1. The number of para-hydroxylation sites is 1. The number of carbonyl (C=O) groups is 1. The van der Waals surface area contributed by atoms with Gasteiger partial charge in [-0.25, -0.2) is 0 Å². The van der Waals surface area contributed by atoms with Crippen LogP contribution in [0.25, 0.3) is 0 Å². The number of amides is 1. The second-order valence-electron chi connectivity index (χ2n) is 5.24. The van der Waals surface area contributed by atoms with Crippen molar-refractivity contribution in [1.29, 1.82) is 0 Å². The average molecular weight is 246 g/mol. The van der Waals surface area contributed by atoms with Crippen molar-refractivity contribution in [3.05, 3.63) is 29.8 Å². The molecule has 1 unspecified atom stereocenters. The maximum atomic E-state index is 11.0. The predicted molar refractivity (Wildman–Crippen MR) is 75.0 cm³/mol. The molecule has 1 aliphatic rings. The highest BCUT2D eigenvalue weighted by Gasteiger charge is 2.39. The Morgan fingerprint density at radius 3 is 2.83 bits per heavy atom. The van der Waals surface area contributed by atoms with E-state index in [9.17, 15) is 4.79 Å². The van der Waals surface area contributed by atoms with Gasteiger partial charge < -0.3 is 10.2 Å². The third kappa shape index (κ3) is 2.22. The minimum absolute atomic E-state index is 0.0564. The van der Waals surface area contributed by atoms with Gasteiger partial charge in [-0.1, -0.05) is 25.1 Å². The van der Waals surface area contributed by atoms with E-state index in [0.29, 0.717) is 0 Å². The zero-order valence-corrected chi connectivity index (χ0v) is 11.5. The van der Waals surface area contributed by atoms with Crippen molar-refractivity contribution in [2.45, 2.75) is 32.1 Å². The van der Waals surface area contributed by atoms with E-state index in [2.05, 4.69) is 48.5 Å². The lowest BCUT2D eigenvalue weighted by atomic mass is 9.77. The maximum Gasteiger partial charge on any atom is 0.216 e. The van der Waals surface area contributed by atoms with Crippen LogP contribution in [-0.4, -0.2) is 26.0 Å². The Morgan fingerprint density at radius 2 is 2.17 bits per heavy atom. The normalized spacial score (nSPS) is 21.8. The first-order chi connectivity index (χ1) is 8.59. The van der Waals surface area contributed by atoms with E-state index in [0.717, 1.165) is 25.9 Å². The number of carbonyl (C=O) groups excluding carboxylic acids is 1. The van der Waals surface area contributed by atoms with Crippen molar-refractivity contribution in [2.24, 2.45) is 0 Å². The van der Waals surface area contributed by atoms with E-state index in [4.69, 9.17) is 0 Å². The molecule has 1 amide bonds. The van der Waals surface area contributed by atoms with E-state index in [1.165, 1.54) is 11.3 Å². The second kappa shape index (κ2) is 5.01. The minimum atomic E-state index is 0.0564. The molecule has 98 valence electrons. The molecule has 1 aromatic rings. The molecule has 1 aromatic carbocycles. The topological polar surface area (TPSA) is 32.3 Å². The first-order valence-corrected chi connectivity index (χ1v) is 6.64. The van der Waals surface area contributed by atoms with E-state index >= 15 is 0 Å². The van der Waals surface area contributed by atoms with Crippen LogP contribution in [0.5, 0.6) is 0 Å². The van der Waals surface area contributed by atoms with Crippen LogP contribution in [0.3, 0.4) is 0 Å². The highest BCUT2D eigenvalue weighted by atomic mass is 16.1. The van der Waals surface area contributed by atoms with Crippen molar-refractivity contribution in [2.75, 3.05) is 25.0 Å². The molecule has 0 saturated carbocycles. The van der Waals surface area contributed by atoms with Crippen molar-refractivity contribution in [1.82, 2.24) is 5.32 Å². The summed E-state index contributed by atoms with van der Waals surface area (Å²) >= 11 is 0. The number of rotatable bonds is 4. The van der Waals surface area contributed by atoms with Crippen LogP contribution in [0, 0.1) is 0 Å². The summed E-state index contributed by atoms with van der Waals surface area (Å²) in [5.74, 6) is 0.0564. The van der Waals surface area contributed by atoms with Crippen molar-refractivity contribution >= 4 is 11.6 Å². The van der Waals surface area contributed by atoms with E-state index < -0.39 is 0 Å². The SMILES string of the molecule is CCC1(CCNC(C)=O)CN(C)c2ccccc21. The van der Waals surface area contributed by atoms with Gasteiger partial charge in [0.25, 0.3) is 0 Å². The molecule has 0 radical (unpaired) electrons. The van der Waals surface area contributed by atoms with Crippen LogP contribution in [0.2, 0.25) is 0 Å². The molecule has 1 atom stereocenters. The summed E-state index contributed by atoms with van der Waals surface area (Å²) in [4.78, 5) is 13.3. The highest BCUT2D eigenvalue weighted by molar-refractivity contribution is 5.72. The largest absolute Gasteiger partial charge is 0.373 e. The van der Waals surface area contributed by atoms with Crippen LogP contribution in [0.1, 0.15) is 32.3 Å². The number of nitrogens with one attached hydrogen (secondary N) is 1. The summed E-state index contributed by atoms with van der Waals surface area (Å²) < 4.78 is 0.